The molecule has 3 nitrogen and oxygen atoms in total. The van der Waals surface area contributed by atoms with Gasteiger partial charge in [0.25, 0.3) is 5.91 Å². The lowest BCUT2D eigenvalue weighted by atomic mass is 10.0. The Labute approximate surface area is 131 Å². The molecule has 1 heterocycles. The highest BCUT2D eigenvalue weighted by Gasteiger charge is 2.32. The van der Waals surface area contributed by atoms with Gasteiger partial charge in [-0.05, 0) is 42.6 Å². The Morgan fingerprint density at radius 3 is 2.67 bits per heavy atom. The standard InChI is InChI=1S/C17H20N2O.ClH/c1-12-9-13(10-18)11-19(12)17(20)16-8-4-6-14-5-2-3-7-15(14)16;/h2-8,12-13H,9-11,18H2,1H3;1H. The van der Waals surface area contributed by atoms with Crippen LogP contribution in [0.2, 0.25) is 0 Å². The van der Waals surface area contributed by atoms with Gasteiger partial charge in [0.1, 0.15) is 0 Å². The Morgan fingerprint density at radius 1 is 1.24 bits per heavy atom. The maximum atomic E-state index is 12.8. The summed E-state index contributed by atoms with van der Waals surface area (Å²) in [6.45, 7) is 3.54. The van der Waals surface area contributed by atoms with E-state index < -0.39 is 0 Å². The van der Waals surface area contributed by atoms with Gasteiger partial charge in [0, 0.05) is 18.2 Å². The molecule has 0 saturated carbocycles. The fourth-order valence-electron chi connectivity index (χ4n) is 3.16. The summed E-state index contributed by atoms with van der Waals surface area (Å²) in [4.78, 5) is 14.8. The molecule has 2 unspecified atom stereocenters. The van der Waals surface area contributed by atoms with Crippen molar-refractivity contribution in [2.45, 2.75) is 19.4 Å². The first-order valence-corrected chi connectivity index (χ1v) is 7.19. The first-order valence-electron chi connectivity index (χ1n) is 7.19. The van der Waals surface area contributed by atoms with Crippen LogP contribution in [0.3, 0.4) is 0 Å². The topological polar surface area (TPSA) is 46.3 Å². The molecule has 4 heteroatoms. The molecule has 2 aromatic carbocycles. The Hall–Kier alpha value is -1.58. The van der Waals surface area contributed by atoms with E-state index in [2.05, 4.69) is 6.92 Å². The van der Waals surface area contributed by atoms with Gasteiger partial charge >= 0.3 is 0 Å². The van der Waals surface area contributed by atoms with E-state index in [1.165, 1.54) is 0 Å². The van der Waals surface area contributed by atoms with Crippen molar-refractivity contribution in [3.8, 4) is 0 Å². The van der Waals surface area contributed by atoms with Gasteiger partial charge in [-0.2, -0.15) is 0 Å². The van der Waals surface area contributed by atoms with Crippen LogP contribution < -0.4 is 5.73 Å². The predicted octanol–water partition coefficient (Wildman–Crippen LogP) is 3.07. The SMILES string of the molecule is CC1CC(CN)CN1C(=O)c1cccc2ccccc12.Cl. The smallest absolute Gasteiger partial charge is 0.254 e. The third kappa shape index (κ3) is 2.89. The van der Waals surface area contributed by atoms with E-state index in [-0.39, 0.29) is 24.4 Å². The van der Waals surface area contributed by atoms with Gasteiger partial charge in [0.05, 0.1) is 0 Å². The molecule has 1 fully saturated rings. The van der Waals surface area contributed by atoms with E-state index in [1.807, 2.05) is 47.4 Å². The normalized spacial score (nSPS) is 21.3. The van der Waals surface area contributed by atoms with E-state index in [0.29, 0.717) is 12.5 Å². The predicted molar refractivity (Wildman–Crippen MR) is 88.9 cm³/mol. The van der Waals surface area contributed by atoms with E-state index in [9.17, 15) is 4.79 Å². The van der Waals surface area contributed by atoms with E-state index in [4.69, 9.17) is 5.73 Å². The van der Waals surface area contributed by atoms with Crippen molar-refractivity contribution in [1.82, 2.24) is 4.90 Å². The first-order chi connectivity index (χ1) is 9.70. The molecule has 0 aliphatic carbocycles. The summed E-state index contributed by atoms with van der Waals surface area (Å²) in [5.74, 6) is 0.564. The number of benzene rings is 2. The molecular formula is C17H21ClN2O. The number of hydrogen-bond donors (Lipinski definition) is 1. The van der Waals surface area contributed by atoms with Crippen LogP contribution in [-0.4, -0.2) is 29.9 Å². The van der Waals surface area contributed by atoms with Crippen LogP contribution in [0.1, 0.15) is 23.7 Å². The molecule has 0 aromatic heterocycles. The highest BCUT2D eigenvalue weighted by atomic mass is 35.5. The number of nitrogens with zero attached hydrogens (tertiary/aromatic N) is 1. The number of likely N-dealkylation sites (tertiary alicyclic amines) is 1. The number of nitrogens with two attached hydrogens (primary N) is 1. The van der Waals surface area contributed by atoms with Gasteiger partial charge in [0.15, 0.2) is 0 Å². The fourth-order valence-corrected chi connectivity index (χ4v) is 3.16. The van der Waals surface area contributed by atoms with Crippen LogP contribution in [0, 0.1) is 5.92 Å². The van der Waals surface area contributed by atoms with Crippen LogP contribution in [0.4, 0.5) is 0 Å². The monoisotopic (exact) mass is 304 g/mol. The first kappa shape index (κ1) is 15.8. The molecular weight excluding hydrogens is 284 g/mol. The van der Waals surface area contributed by atoms with Crippen molar-refractivity contribution in [2.24, 2.45) is 11.7 Å². The minimum atomic E-state index is 0. The zero-order valence-electron chi connectivity index (χ0n) is 12.2. The molecule has 112 valence electrons. The maximum Gasteiger partial charge on any atom is 0.254 e. The van der Waals surface area contributed by atoms with E-state index in [0.717, 1.165) is 29.3 Å². The molecule has 1 aliphatic rings. The average molecular weight is 305 g/mol. The largest absolute Gasteiger partial charge is 0.336 e. The van der Waals surface area contributed by atoms with Crippen LogP contribution in [-0.2, 0) is 0 Å². The Morgan fingerprint density at radius 2 is 1.95 bits per heavy atom. The molecule has 3 rings (SSSR count). The molecule has 0 bridgehead atoms. The zero-order chi connectivity index (χ0) is 14.1. The molecule has 1 amide bonds. The molecule has 0 radical (unpaired) electrons. The van der Waals surface area contributed by atoms with Gasteiger partial charge in [-0.25, -0.2) is 0 Å². The highest BCUT2D eigenvalue weighted by molar-refractivity contribution is 6.07. The fraction of sp³-hybridized carbons (Fsp3) is 0.353. The summed E-state index contributed by atoms with van der Waals surface area (Å²) in [6, 6.07) is 14.2. The number of hydrogen-bond acceptors (Lipinski definition) is 2. The number of fused-ring (bicyclic) bond motifs is 1. The molecule has 2 N–H and O–H groups in total. The highest BCUT2D eigenvalue weighted by Crippen LogP contribution is 2.27. The van der Waals surface area contributed by atoms with Crippen LogP contribution in [0.5, 0.6) is 0 Å². The van der Waals surface area contributed by atoms with E-state index >= 15 is 0 Å². The molecule has 0 spiro atoms. The second kappa shape index (κ2) is 6.46. The van der Waals surface area contributed by atoms with Crippen molar-refractivity contribution < 1.29 is 4.79 Å². The van der Waals surface area contributed by atoms with Gasteiger partial charge in [0.2, 0.25) is 0 Å². The maximum absolute atomic E-state index is 12.8. The molecule has 21 heavy (non-hydrogen) atoms. The third-order valence-electron chi connectivity index (χ3n) is 4.28. The Balaban J connectivity index is 0.00000161. The molecule has 2 aromatic rings. The average Bonchev–Trinajstić information content (AvgIpc) is 2.87. The lowest BCUT2D eigenvalue weighted by Crippen LogP contribution is -2.34. The second-order valence-corrected chi connectivity index (χ2v) is 5.67. The number of rotatable bonds is 2. The summed E-state index contributed by atoms with van der Waals surface area (Å²) in [5, 5.41) is 2.14. The zero-order valence-corrected chi connectivity index (χ0v) is 13.0. The minimum Gasteiger partial charge on any atom is -0.336 e. The third-order valence-corrected chi connectivity index (χ3v) is 4.28. The van der Waals surface area contributed by atoms with Crippen molar-refractivity contribution in [3.05, 3.63) is 48.0 Å². The van der Waals surface area contributed by atoms with Crippen molar-refractivity contribution >= 4 is 29.1 Å². The van der Waals surface area contributed by atoms with Crippen molar-refractivity contribution in [2.75, 3.05) is 13.1 Å². The Bertz CT molecular complexity index is 638. The quantitative estimate of drug-likeness (QED) is 0.927. The Kier molecular flexibility index (Phi) is 4.86. The number of carbonyl (C=O) groups excluding carboxylic acids is 1. The van der Waals surface area contributed by atoms with Gasteiger partial charge in [-0.1, -0.05) is 36.4 Å². The van der Waals surface area contributed by atoms with Gasteiger partial charge in [-0.15, -0.1) is 12.4 Å². The van der Waals surface area contributed by atoms with Gasteiger partial charge < -0.3 is 10.6 Å². The summed E-state index contributed by atoms with van der Waals surface area (Å²) in [5.41, 5.74) is 6.55. The molecule has 1 saturated heterocycles. The summed E-state index contributed by atoms with van der Waals surface area (Å²) >= 11 is 0. The van der Waals surface area contributed by atoms with Crippen molar-refractivity contribution in [1.29, 1.82) is 0 Å². The van der Waals surface area contributed by atoms with Crippen molar-refractivity contribution in [3.63, 3.8) is 0 Å². The summed E-state index contributed by atoms with van der Waals surface area (Å²) in [6.07, 6.45) is 1.01. The number of carbonyl (C=O) groups is 1. The number of halogens is 1. The molecule has 1 aliphatic heterocycles. The van der Waals surface area contributed by atoms with Crippen LogP contribution in [0.25, 0.3) is 10.8 Å². The lowest BCUT2D eigenvalue weighted by molar-refractivity contribution is 0.0745. The lowest BCUT2D eigenvalue weighted by Gasteiger charge is -2.22. The summed E-state index contributed by atoms with van der Waals surface area (Å²) < 4.78 is 0. The van der Waals surface area contributed by atoms with Crippen LogP contribution in [0.15, 0.2) is 42.5 Å². The van der Waals surface area contributed by atoms with Crippen LogP contribution >= 0.6 is 12.4 Å². The summed E-state index contributed by atoms with van der Waals surface area (Å²) in [7, 11) is 0. The van der Waals surface area contributed by atoms with E-state index in [1.54, 1.807) is 0 Å². The number of amides is 1. The van der Waals surface area contributed by atoms with Gasteiger partial charge in [-0.3, -0.25) is 4.79 Å². The second-order valence-electron chi connectivity index (χ2n) is 5.67. The minimum absolute atomic E-state index is 0. The molecule has 2 atom stereocenters.